The molecular weight excluding hydrogens is 262 g/mol. The number of nitrogens with two attached hydrogens (primary N) is 1. The molecule has 0 aromatic carbocycles. The molecule has 2 aromatic rings. The third-order valence-corrected chi connectivity index (χ3v) is 3.13. The van der Waals surface area contributed by atoms with Crippen molar-refractivity contribution >= 4 is 17.6 Å². The van der Waals surface area contributed by atoms with Gasteiger partial charge in [-0.25, -0.2) is 9.97 Å². The Morgan fingerprint density at radius 3 is 2.58 bits per heavy atom. The quantitative estimate of drug-likeness (QED) is 0.291. The Balaban J connectivity index is 2.28. The Labute approximate surface area is 114 Å². The lowest BCUT2D eigenvalue weighted by Crippen LogP contribution is -2.14. The van der Waals surface area contributed by atoms with Gasteiger partial charge in [-0.15, -0.1) is 0 Å². The maximum atomic E-state index is 8.63. The molecular formula is C12H13N5OS. The zero-order chi connectivity index (χ0) is 13.8. The van der Waals surface area contributed by atoms with E-state index in [4.69, 9.17) is 10.9 Å². The number of hydrogen-bond donors (Lipinski definition) is 2. The zero-order valence-corrected chi connectivity index (χ0v) is 11.3. The van der Waals surface area contributed by atoms with E-state index in [0.717, 1.165) is 16.3 Å². The summed E-state index contributed by atoms with van der Waals surface area (Å²) in [6.07, 6.45) is 1.60. The Bertz CT molecular complexity index is 609. The van der Waals surface area contributed by atoms with Crippen molar-refractivity contribution in [2.45, 2.75) is 23.9 Å². The molecule has 3 N–H and O–H groups in total. The summed E-state index contributed by atoms with van der Waals surface area (Å²) in [6.45, 7) is 3.85. The van der Waals surface area contributed by atoms with Gasteiger partial charge in [-0.2, -0.15) is 0 Å². The van der Waals surface area contributed by atoms with Gasteiger partial charge in [0.1, 0.15) is 5.69 Å². The first-order valence-corrected chi connectivity index (χ1v) is 6.34. The lowest BCUT2D eigenvalue weighted by molar-refractivity contribution is 0.318. The molecule has 6 nitrogen and oxygen atoms in total. The Kier molecular flexibility index (Phi) is 3.96. The molecule has 2 heterocycles. The van der Waals surface area contributed by atoms with E-state index in [2.05, 4.69) is 20.1 Å². The minimum absolute atomic E-state index is 0.0243. The molecule has 0 fully saturated rings. The van der Waals surface area contributed by atoms with E-state index in [1.54, 1.807) is 12.3 Å². The van der Waals surface area contributed by atoms with Gasteiger partial charge in [-0.3, -0.25) is 4.98 Å². The molecule has 0 radical (unpaired) electrons. The van der Waals surface area contributed by atoms with Crippen LogP contribution in [0, 0.1) is 13.8 Å². The number of pyridine rings is 1. The predicted octanol–water partition coefficient (Wildman–Crippen LogP) is 1.73. The normalized spacial score (nSPS) is 11.6. The van der Waals surface area contributed by atoms with Gasteiger partial charge in [0.25, 0.3) is 0 Å². The van der Waals surface area contributed by atoms with E-state index >= 15 is 0 Å². The first-order valence-electron chi connectivity index (χ1n) is 5.52. The van der Waals surface area contributed by atoms with Gasteiger partial charge in [0.2, 0.25) is 0 Å². The molecule has 0 aliphatic heterocycles. The van der Waals surface area contributed by atoms with Gasteiger partial charge in [0.05, 0.1) is 0 Å². The van der Waals surface area contributed by atoms with Gasteiger partial charge in [-0.05, 0) is 43.8 Å². The van der Waals surface area contributed by atoms with E-state index in [0.29, 0.717) is 10.9 Å². The van der Waals surface area contributed by atoms with Gasteiger partial charge < -0.3 is 10.9 Å². The van der Waals surface area contributed by atoms with Crippen LogP contribution in [0.5, 0.6) is 0 Å². The summed E-state index contributed by atoms with van der Waals surface area (Å²) in [5, 5.41) is 12.2. The summed E-state index contributed by atoms with van der Waals surface area (Å²) in [5.41, 5.74) is 7.75. The number of rotatable bonds is 3. The third-order valence-electron chi connectivity index (χ3n) is 2.27. The van der Waals surface area contributed by atoms with E-state index < -0.39 is 0 Å². The number of nitrogens with zero attached hydrogens (tertiary/aromatic N) is 4. The molecule has 0 atom stereocenters. The van der Waals surface area contributed by atoms with E-state index in [1.165, 1.54) is 11.8 Å². The van der Waals surface area contributed by atoms with Crippen molar-refractivity contribution in [3.8, 4) is 0 Å². The highest BCUT2D eigenvalue weighted by atomic mass is 32.2. The lowest BCUT2D eigenvalue weighted by Gasteiger charge is -2.04. The molecule has 0 saturated heterocycles. The molecule has 0 spiro atoms. The topological polar surface area (TPSA) is 97.3 Å². The summed E-state index contributed by atoms with van der Waals surface area (Å²) in [4.78, 5) is 13.6. The average molecular weight is 275 g/mol. The minimum atomic E-state index is -0.0243. The highest BCUT2D eigenvalue weighted by molar-refractivity contribution is 7.99. The maximum absolute atomic E-state index is 8.63. The van der Waals surface area contributed by atoms with Crippen molar-refractivity contribution in [3.63, 3.8) is 0 Å². The summed E-state index contributed by atoms with van der Waals surface area (Å²) in [7, 11) is 0. The van der Waals surface area contributed by atoms with Crippen LogP contribution in [0.3, 0.4) is 0 Å². The van der Waals surface area contributed by atoms with Crippen LogP contribution in [0.25, 0.3) is 0 Å². The van der Waals surface area contributed by atoms with Crippen molar-refractivity contribution in [2.75, 3.05) is 0 Å². The minimum Gasteiger partial charge on any atom is -0.409 e. The molecule has 0 amide bonds. The molecule has 98 valence electrons. The first-order chi connectivity index (χ1) is 9.08. The number of oxime groups is 1. The molecule has 19 heavy (non-hydrogen) atoms. The van der Waals surface area contributed by atoms with Crippen molar-refractivity contribution in [1.29, 1.82) is 0 Å². The number of hydrogen-bond acceptors (Lipinski definition) is 6. The molecule has 0 bridgehead atoms. The summed E-state index contributed by atoms with van der Waals surface area (Å²) in [6, 6.07) is 5.46. The fourth-order valence-electron chi connectivity index (χ4n) is 1.51. The average Bonchev–Trinajstić information content (AvgIpc) is 2.37. The van der Waals surface area contributed by atoms with Crippen LogP contribution >= 0.6 is 11.8 Å². The molecule has 7 heteroatoms. The third kappa shape index (κ3) is 3.41. The second kappa shape index (κ2) is 5.66. The van der Waals surface area contributed by atoms with Crippen molar-refractivity contribution in [1.82, 2.24) is 15.0 Å². The lowest BCUT2D eigenvalue weighted by atomic mass is 10.3. The monoisotopic (exact) mass is 275 g/mol. The van der Waals surface area contributed by atoms with Crippen LogP contribution in [0.1, 0.15) is 17.1 Å². The van der Waals surface area contributed by atoms with Gasteiger partial charge >= 0.3 is 0 Å². The van der Waals surface area contributed by atoms with Gasteiger partial charge in [-0.1, -0.05) is 5.16 Å². The highest BCUT2D eigenvalue weighted by Crippen LogP contribution is 2.24. The SMILES string of the molecule is Cc1cc(C)nc(Sc2ccnc(C(N)=NO)c2)n1. The predicted molar refractivity (Wildman–Crippen MR) is 72.4 cm³/mol. The van der Waals surface area contributed by atoms with E-state index in [-0.39, 0.29) is 5.84 Å². The number of aromatic nitrogens is 3. The number of aryl methyl sites for hydroxylation is 2. The molecule has 2 aromatic heterocycles. The molecule has 0 unspecified atom stereocenters. The molecule has 0 aliphatic rings. The van der Waals surface area contributed by atoms with E-state index in [1.807, 2.05) is 26.0 Å². The van der Waals surface area contributed by atoms with Crippen LogP contribution in [0.15, 0.2) is 39.6 Å². The van der Waals surface area contributed by atoms with E-state index in [9.17, 15) is 0 Å². The van der Waals surface area contributed by atoms with Gasteiger partial charge in [0, 0.05) is 22.5 Å². The summed E-state index contributed by atoms with van der Waals surface area (Å²) < 4.78 is 0. The Hall–Kier alpha value is -2.15. The Morgan fingerprint density at radius 1 is 1.26 bits per heavy atom. The zero-order valence-electron chi connectivity index (χ0n) is 10.5. The van der Waals surface area contributed by atoms with Crippen molar-refractivity contribution in [3.05, 3.63) is 41.5 Å². The van der Waals surface area contributed by atoms with Crippen LogP contribution in [-0.2, 0) is 0 Å². The fourth-order valence-corrected chi connectivity index (χ4v) is 2.40. The van der Waals surface area contributed by atoms with Crippen LogP contribution in [-0.4, -0.2) is 26.0 Å². The smallest absolute Gasteiger partial charge is 0.192 e. The van der Waals surface area contributed by atoms with Crippen molar-refractivity contribution < 1.29 is 5.21 Å². The second-order valence-electron chi connectivity index (χ2n) is 3.90. The first kappa shape index (κ1) is 13.3. The largest absolute Gasteiger partial charge is 0.409 e. The summed E-state index contributed by atoms with van der Waals surface area (Å²) in [5.74, 6) is -0.0243. The molecule has 0 saturated carbocycles. The van der Waals surface area contributed by atoms with Crippen LogP contribution in [0.2, 0.25) is 0 Å². The second-order valence-corrected chi connectivity index (χ2v) is 4.94. The fraction of sp³-hybridized carbons (Fsp3) is 0.167. The van der Waals surface area contributed by atoms with Crippen LogP contribution in [0.4, 0.5) is 0 Å². The van der Waals surface area contributed by atoms with Gasteiger partial charge in [0.15, 0.2) is 11.0 Å². The van der Waals surface area contributed by atoms with Crippen molar-refractivity contribution in [2.24, 2.45) is 10.9 Å². The van der Waals surface area contributed by atoms with Crippen LogP contribution < -0.4 is 5.73 Å². The molecule has 0 aliphatic carbocycles. The Morgan fingerprint density at radius 2 is 1.95 bits per heavy atom. The standard InChI is InChI=1S/C12H13N5OS/c1-7-5-8(2)16-12(15-7)19-9-3-4-14-10(6-9)11(13)17-18/h3-6,18H,1-2H3,(H2,13,17). The molecule has 2 rings (SSSR count). The summed E-state index contributed by atoms with van der Waals surface area (Å²) >= 11 is 1.40. The number of amidine groups is 1. The highest BCUT2D eigenvalue weighted by Gasteiger charge is 2.06. The maximum Gasteiger partial charge on any atom is 0.192 e.